The molecule has 1 unspecified atom stereocenters. The highest BCUT2D eigenvalue weighted by Crippen LogP contribution is 2.35. The lowest BCUT2D eigenvalue weighted by Gasteiger charge is -2.30. The van der Waals surface area contributed by atoms with Crippen LogP contribution in [0.25, 0.3) is 0 Å². The molecule has 1 aromatic carbocycles. The molecule has 1 N–H and O–H groups in total. The second-order valence-corrected chi connectivity index (χ2v) is 7.22. The Kier molecular flexibility index (Phi) is 4.95. The van der Waals surface area contributed by atoms with Crippen molar-refractivity contribution in [2.45, 2.75) is 25.8 Å². The quantitative estimate of drug-likeness (QED) is 0.893. The van der Waals surface area contributed by atoms with E-state index in [2.05, 4.69) is 34.5 Å². The van der Waals surface area contributed by atoms with Crippen molar-refractivity contribution in [1.82, 2.24) is 15.1 Å². The van der Waals surface area contributed by atoms with Crippen LogP contribution in [0.3, 0.4) is 0 Å². The van der Waals surface area contributed by atoms with Gasteiger partial charge in [0.2, 0.25) is 5.91 Å². The first-order valence-corrected chi connectivity index (χ1v) is 8.52. The average Bonchev–Trinajstić information content (AvgIpc) is 3.17. The van der Waals surface area contributed by atoms with Gasteiger partial charge >= 0.3 is 0 Å². The summed E-state index contributed by atoms with van der Waals surface area (Å²) in [5.74, 6) is 0.303. The molecule has 5 heteroatoms. The van der Waals surface area contributed by atoms with Crippen LogP contribution in [-0.2, 0) is 17.8 Å². The predicted octanol–water partition coefficient (Wildman–Crippen LogP) is 1.68. The van der Waals surface area contributed by atoms with Gasteiger partial charge in [-0.3, -0.25) is 9.69 Å². The molecule has 1 atom stereocenters. The summed E-state index contributed by atoms with van der Waals surface area (Å²) < 4.78 is 0. The molecule has 0 aromatic heterocycles. The van der Waals surface area contributed by atoms with Crippen molar-refractivity contribution < 1.29 is 4.79 Å². The van der Waals surface area contributed by atoms with E-state index in [0.717, 1.165) is 45.7 Å². The summed E-state index contributed by atoms with van der Waals surface area (Å²) in [6.45, 7) is 6.71. The van der Waals surface area contributed by atoms with E-state index in [0.29, 0.717) is 17.9 Å². The van der Waals surface area contributed by atoms with Gasteiger partial charge in [-0.15, -0.1) is 12.4 Å². The maximum Gasteiger partial charge on any atom is 0.237 e. The lowest BCUT2D eigenvalue weighted by atomic mass is 9.87. The highest BCUT2D eigenvalue weighted by molar-refractivity contribution is 5.85. The molecule has 23 heavy (non-hydrogen) atoms. The van der Waals surface area contributed by atoms with Crippen molar-refractivity contribution in [1.29, 1.82) is 0 Å². The number of halogens is 1. The van der Waals surface area contributed by atoms with E-state index >= 15 is 0 Å². The van der Waals surface area contributed by atoms with Crippen LogP contribution in [-0.4, -0.2) is 55.0 Å². The molecule has 0 aliphatic carbocycles. The van der Waals surface area contributed by atoms with E-state index in [9.17, 15) is 4.79 Å². The summed E-state index contributed by atoms with van der Waals surface area (Å²) in [6.07, 6.45) is 3.51. The van der Waals surface area contributed by atoms with Gasteiger partial charge in [0.1, 0.15) is 0 Å². The van der Waals surface area contributed by atoms with Crippen molar-refractivity contribution in [3.05, 3.63) is 35.4 Å². The van der Waals surface area contributed by atoms with Crippen LogP contribution in [0.2, 0.25) is 0 Å². The minimum absolute atomic E-state index is 0. The first kappa shape index (κ1) is 16.7. The Morgan fingerprint density at radius 3 is 2.78 bits per heavy atom. The molecular formula is C18H26ClN3O. The normalized spacial score (nSPS) is 27.0. The fourth-order valence-electron chi connectivity index (χ4n) is 4.31. The Morgan fingerprint density at radius 1 is 1.17 bits per heavy atom. The van der Waals surface area contributed by atoms with Gasteiger partial charge in [-0.25, -0.2) is 0 Å². The Morgan fingerprint density at radius 2 is 2.00 bits per heavy atom. The van der Waals surface area contributed by atoms with E-state index < -0.39 is 0 Å². The molecule has 3 aliphatic rings. The minimum Gasteiger partial charge on any atom is -0.337 e. The summed E-state index contributed by atoms with van der Waals surface area (Å²) in [5, 5.41) is 3.48. The molecule has 1 amide bonds. The monoisotopic (exact) mass is 335 g/mol. The third-order valence-corrected chi connectivity index (χ3v) is 5.69. The van der Waals surface area contributed by atoms with Crippen molar-refractivity contribution in [2.24, 2.45) is 5.41 Å². The maximum absolute atomic E-state index is 12.6. The van der Waals surface area contributed by atoms with Gasteiger partial charge in [-0.2, -0.15) is 0 Å². The first-order valence-electron chi connectivity index (χ1n) is 8.52. The zero-order valence-corrected chi connectivity index (χ0v) is 14.4. The number of benzene rings is 1. The van der Waals surface area contributed by atoms with Gasteiger partial charge in [0, 0.05) is 26.2 Å². The van der Waals surface area contributed by atoms with Crippen LogP contribution >= 0.6 is 12.4 Å². The number of hydrogen-bond donors (Lipinski definition) is 1. The molecule has 1 aromatic rings. The third-order valence-electron chi connectivity index (χ3n) is 5.69. The van der Waals surface area contributed by atoms with Crippen LogP contribution in [0.1, 0.15) is 24.0 Å². The second-order valence-electron chi connectivity index (χ2n) is 7.22. The SMILES string of the molecule is Cl.O=C(CN1CCC2(CCNC2)C1)N1CCc2ccccc2C1. The largest absolute Gasteiger partial charge is 0.337 e. The van der Waals surface area contributed by atoms with Crippen LogP contribution < -0.4 is 5.32 Å². The van der Waals surface area contributed by atoms with Crippen molar-refractivity contribution >= 4 is 18.3 Å². The topological polar surface area (TPSA) is 35.6 Å². The van der Waals surface area contributed by atoms with E-state index in [4.69, 9.17) is 0 Å². The van der Waals surface area contributed by atoms with Crippen molar-refractivity contribution in [3.8, 4) is 0 Å². The number of hydrogen-bond acceptors (Lipinski definition) is 3. The molecule has 0 saturated carbocycles. The van der Waals surface area contributed by atoms with E-state index in [1.807, 2.05) is 4.90 Å². The lowest BCUT2D eigenvalue weighted by Crippen LogP contribution is -2.42. The fourth-order valence-corrected chi connectivity index (χ4v) is 4.31. The molecule has 2 fully saturated rings. The Labute approximate surface area is 144 Å². The van der Waals surface area contributed by atoms with Gasteiger partial charge in [-0.05, 0) is 48.9 Å². The molecule has 0 bridgehead atoms. The molecule has 1 spiro atoms. The third kappa shape index (κ3) is 3.39. The summed E-state index contributed by atoms with van der Waals surface area (Å²) in [6, 6.07) is 8.51. The molecule has 3 heterocycles. The van der Waals surface area contributed by atoms with Gasteiger partial charge < -0.3 is 10.2 Å². The Bertz CT molecular complexity index is 571. The summed E-state index contributed by atoms with van der Waals surface area (Å²) in [7, 11) is 0. The van der Waals surface area contributed by atoms with Crippen molar-refractivity contribution in [3.63, 3.8) is 0 Å². The highest BCUT2D eigenvalue weighted by Gasteiger charge is 2.40. The lowest BCUT2D eigenvalue weighted by molar-refractivity contribution is -0.133. The first-order chi connectivity index (χ1) is 10.7. The van der Waals surface area contributed by atoms with Gasteiger partial charge in [0.25, 0.3) is 0 Å². The summed E-state index contributed by atoms with van der Waals surface area (Å²) in [5.41, 5.74) is 3.18. The van der Waals surface area contributed by atoms with Gasteiger partial charge in [0.15, 0.2) is 0 Å². The van der Waals surface area contributed by atoms with Crippen LogP contribution in [0, 0.1) is 5.41 Å². The number of rotatable bonds is 2. The summed E-state index contributed by atoms with van der Waals surface area (Å²) >= 11 is 0. The number of fused-ring (bicyclic) bond motifs is 1. The number of carbonyl (C=O) groups excluding carboxylic acids is 1. The van der Waals surface area contributed by atoms with Gasteiger partial charge in [-0.1, -0.05) is 24.3 Å². The number of carbonyl (C=O) groups is 1. The minimum atomic E-state index is 0. The number of nitrogens with zero attached hydrogens (tertiary/aromatic N) is 2. The zero-order valence-electron chi connectivity index (χ0n) is 13.6. The van der Waals surface area contributed by atoms with Crippen molar-refractivity contribution in [2.75, 3.05) is 39.3 Å². The molecule has 4 nitrogen and oxygen atoms in total. The highest BCUT2D eigenvalue weighted by atomic mass is 35.5. The zero-order chi connectivity index (χ0) is 15.0. The predicted molar refractivity (Wildman–Crippen MR) is 93.8 cm³/mol. The molecule has 0 radical (unpaired) electrons. The standard InChI is InChI=1S/C18H25N3O.ClH/c22-17(12-20-10-7-18(14-20)6-8-19-13-18)21-9-5-15-3-1-2-4-16(15)11-21;/h1-4,19H,5-14H2;1H. The Balaban J connectivity index is 0.00000156. The number of nitrogens with one attached hydrogen (secondary N) is 1. The molecule has 2 saturated heterocycles. The van der Waals surface area contributed by atoms with E-state index in [1.165, 1.54) is 24.0 Å². The Hall–Kier alpha value is -1.10. The summed E-state index contributed by atoms with van der Waals surface area (Å²) in [4.78, 5) is 17.0. The number of amides is 1. The number of likely N-dealkylation sites (tertiary alicyclic amines) is 1. The molecular weight excluding hydrogens is 310 g/mol. The van der Waals surface area contributed by atoms with Crippen LogP contribution in [0.4, 0.5) is 0 Å². The molecule has 3 aliphatic heterocycles. The molecule has 126 valence electrons. The molecule has 4 rings (SSSR count). The van der Waals surface area contributed by atoms with Crippen LogP contribution in [0.5, 0.6) is 0 Å². The maximum atomic E-state index is 12.6. The average molecular weight is 336 g/mol. The van der Waals surface area contributed by atoms with E-state index in [1.54, 1.807) is 0 Å². The van der Waals surface area contributed by atoms with Gasteiger partial charge in [0.05, 0.1) is 6.54 Å². The fraction of sp³-hybridized carbons (Fsp3) is 0.611. The second kappa shape index (κ2) is 6.80. The van der Waals surface area contributed by atoms with Crippen LogP contribution in [0.15, 0.2) is 24.3 Å². The smallest absolute Gasteiger partial charge is 0.237 e. The van der Waals surface area contributed by atoms with E-state index in [-0.39, 0.29) is 12.4 Å².